The molecule has 2 amide bonds. The van der Waals surface area contributed by atoms with Gasteiger partial charge in [-0.15, -0.1) is 0 Å². The van der Waals surface area contributed by atoms with E-state index in [1.165, 1.54) is 17.0 Å². The van der Waals surface area contributed by atoms with Crippen LogP contribution in [0.1, 0.15) is 37.4 Å². The fraction of sp³-hybridized carbons (Fsp3) is 0.286. The second-order valence-corrected chi connectivity index (χ2v) is 8.54. The Morgan fingerprint density at radius 2 is 1.53 bits per heavy atom. The summed E-state index contributed by atoms with van der Waals surface area (Å²) in [5.74, 6) is 0.0325. The number of nitrogens with one attached hydrogen (secondary N) is 1. The van der Waals surface area contributed by atoms with E-state index >= 15 is 0 Å². The van der Waals surface area contributed by atoms with Crippen LogP contribution in [0.25, 0.3) is 0 Å². The van der Waals surface area contributed by atoms with E-state index in [1.807, 2.05) is 48.5 Å². The van der Waals surface area contributed by atoms with Crippen LogP contribution in [-0.2, 0) is 16.1 Å². The van der Waals surface area contributed by atoms with E-state index in [2.05, 4.69) is 19.2 Å². The highest BCUT2D eigenvalue weighted by Crippen LogP contribution is 2.24. The van der Waals surface area contributed by atoms with Crippen LogP contribution in [0, 0.1) is 11.7 Å². The molecule has 0 aliphatic rings. The molecule has 0 fully saturated rings. The molecule has 3 rings (SSSR count). The lowest BCUT2D eigenvalue weighted by atomic mass is 10.0. The minimum atomic E-state index is -0.856. The highest BCUT2D eigenvalue weighted by Gasteiger charge is 2.31. The van der Waals surface area contributed by atoms with Gasteiger partial charge in [0.1, 0.15) is 17.6 Å². The molecule has 178 valence electrons. The smallest absolute Gasteiger partial charge is 0.261 e. The number of hydrogen-bond acceptors (Lipinski definition) is 3. The molecule has 6 heteroatoms. The lowest BCUT2D eigenvalue weighted by Gasteiger charge is -2.31. The van der Waals surface area contributed by atoms with Crippen molar-refractivity contribution >= 4 is 11.8 Å². The SMILES string of the molecule is CC(C)CCNC(=O)C(c1ccccc1)N(Cc1ccc(F)cc1)C(=O)COc1ccccc1. The zero-order valence-electron chi connectivity index (χ0n) is 19.6. The van der Waals surface area contributed by atoms with Gasteiger partial charge in [0.2, 0.25) is 5.91 Å². The number of carbonyl (C=O) groups is 2. The van der Waals surface area contributed by atoms with Crippen molar-refractivity contribution in [1.82, 2.24) is 10.2 Å². The van der Waals surface area contributed by atoms with Crippen molar-refractivity contribution in [2.75, 3.05) is 13.2 Å². The van der Waals surface area contributed by atoms with Crippen LogP contribution >= 0.6 is 0 Å². The molecule has 3 aromatic carbocycles. The van der Waals surface area contributed by atoms with Gasteiger partial charge in [-0.25, -0.2) is 4.39 Å². The Kier molecular flexibility index (Phi) is 9.21. The average Bonchev–Trinajstić information content (AvgIpc) is 2.84. The molecule has 0 aromatic heterocycles. The van der Waals surface area contributed by atoms with Gasteiger partial charge in [0.05, 0.1) is 0 Å². The number of nitrogens with zero attached hydrogens (tertiary/aromatic N) is 1. The first-order chi connectivity index (χ1) is 16.4. The van der Waals surface area contributed by atoms with Crippen molar-refractivity contribution in [2.45, 2.75) is 32.9 Å². The number of halogens is 1. The molecule has 0 saturated carbocycles. The lowest BCUT2D eigenvalue weighted by Crippen LogP contribution is -2.45. The van der Waals surface area contributed by atoms with Gasteiger partial charge in [0, 0.05) is 13.1 Å². The third kappa shape index (κ3) is 7.44. The third-order valence-electron chi connectivity index (χ3n) is 5.39. The highest BCUT2D eigenvalue weighted by molar-refractivity contribution is 5.89. The van der Waals surface area contributed by atoms with E-state index in [-0.39, 0.29) is 30.8 Å². The van der Waals surface area contributed by atoms with Crippen LogP contribution in [0.3, 0.4) is 0 Å². The first-order valence-corrected chi connectivity index (χ1v) is 11.5. The Hall–Kier alpha value is -3.67. The molecule has 0 aliphatic carbocycles. The maximum atomic E-state index is 13.5. The van der Waals surface area contributed by atoms with Crippen LogP contribution in [0.4, 0.5) is 4.39 Å². The summed E-state index contributed by atoms with van der Waals surface area (Å²) in [4.78, 5) is 28.3. The number of benzene rings is 3. The Balaban J connectivity index is 1.89. The monoisotopic (exact) mass is 462 g/mol. The molecule has 0 saturated heterocycles. The summed E-state index contributed by atoms with van der Waals surface area (Å²) in [7, 11) is 0. The first-order valence-electron chi connectivity index (χ1n) is 11.5. The van der Waals surface area contributed by atoms with Gasteiger partial charge in [-0.1, -0.05) is 74.5 Å². The molecule has 0 bridgehead atoms. The molecule has 1 unspecified atom stereocenters. The Morgan fingerprint density at radius 3 is 2.15 bits per heavy atom. The summed E-state index contributed by atoms with van der Waals surface area (Å²) < 4.78 is 19.2. The largest absolute Gasteiger partial charge is 0.484 e. The number of ether oxygens (including phenoxy) is 1. The van der Waals surface area contributed by atoms with E-state index in [0.29, 0.717) is 29.3 Å². The summed E-state index contributed by atoms with van der Waals surface area (Å²) in [6, 6.07) is 23.3. The van der Waals surface area contributed by atoms with Crippen LogP contribution in [0.5, 0.6) is 5.75 Å². The van der Waals surface area contributed by atoms with Gasteiger partial charge in [-0.05, 0) is 47.7 Å². The average molecular weight is 463 g/mol. The first kappa shape index (κ1) is 25.0. The molecule has 0 aliphatic heterocycles. The lowest BCUT2D eigenvalue weighted by molar-refractivity contribution is -0.143. The Bertz CT molecular complexity index is 1040. The number of hydrogen-bond donors (Lipinski definition) is 1. The van der Waals surface area contributed by atoms with Crippen LogP contribution < -0.4 is 10.1 Å². The maximum absolute atomic E-state index is 13.5. The Labute approximate surface area is 200 Å². The fourth-order valence-corrected chi connectivity index (χ4v) is 3.54. The number of para-hydroxylation sites is 1. The molecule has 0 radical (unpaired) electrons. The summed E-state index contributed by atoms with van der Waals surface area (Å²) in [5.41, 5.74) is 1.41. The van der Waals surface area contributed by atoms with E-state index in [0.717, 1.165) is 6.42 Å². The van der Waals surface area contributed by atoms with E-state index in [1.54, 1.807) is 24.3 Å². The van der Waals surface area contributed by atoms with E-state index in [4.69, 9.17) is 4.74 Å². The van der Waals surface area contributed by atoms with Crippen LogP contribution in [-0.4, -0.2) is 29.9 Å². The molecular formula is C28H31FN2O3. The molecule has 5 nitrogen and oxygen atoms in total. The zero-order valence-corrected chi connectivity index (χ0v) is 19.6. The highest BCUT2D eigenvalue weighted by atomic mass is 19.1. The van der Waals surface area contributed by atoms with Crippen molar-refractivity contribution in [2.24, 2.45) is 5.92 Å². The van der Waals surface area contributed by atoms with Crippen LogP contribution in [0.15, 0.2) is 84.9 Å². The van der Waals surface area contributed by atoms with Gasteiger partial charge < -0.3 is 15.0 Å². The van der Waals surface area contributed by atoms with Gasteiger partial charge in [0.15, 0.2) is 6.61 Å². The van der Waals surface area contributed by atoms with Crippen molar-refractivity contribution < 1.29 is 18.7 Å². The predicted octanol–water partition coefficient (Wildman–Crippen LogP) is 5.14. The second kappa shape index (κ2) is 12.5. The fourth-order valence-electron chi connectivity index (χ4n) is 3.54. The standard InChI is InChI=1S/C28H31FN2O3/c1-21(2)17-18-30-28(33)27(23-9-5-3-6-10-23)31(19-22-13-15-24(29)16-14-22)26(32)20-34-25-11-7-4-8-12-25/h3-16,21,27H,17-20H2,1-2H3,(H,30,33). The molecule has 3 aromatic rings. The maximum Gasteiger partial charge on any atom is 0.261 e. The minimum Gasteiger partial charge on any atom is -0.484 e. The topological polar surface area (TPSA) is 58.6 Å². The summed E-state index contributed by atoms with van der Waals surface area (Å²) in [5, 5.41) is 2.98. The van der Waals surface area contributed by atoms with E-state index < -0.39 is 6.04 Å². The quantitative estimate of drug-likeness (QED) is 0.429. The molecule has 0 spiro atoms. The second-order valence-electron chi connectivity index (χ2n) is 8.54. The van der Waals surface area contributed by atoms with Crippen molar-refractivity contribution in [3.63, 3.8) is 0 Å². The molecule has 0 heterocycles. The van der Waals surface area contributed by atoms with Crippen molar-refractivity contribution in [3.05, 3.63) is 102 Å². The van der Waals surface area contributed by atoms with Crippen LogP contribution in [0.2, 0.25) is 0 Å². The predicted molar refractivity (Wildman–Crippen MR) is 131 cm³/mol. The van der Waals surface area contributed by atoms with Crippen molar-refractivity contribution in [1.29, 1.82) is 0 Å². The molecule has 1 atom stereocenters. The van der Waals surface area contributed by atoms with Gasteiger partial charge in [0.25, 0.3) is 5.91 Å². The number of amides is 2. The zero-order chi connectivity index (χ0) is 24.3. The summed E-state index contributed by atoms with van der Waals surface area (Å²) in [6.07, 6.45) is 0.830. The van der Waals surface area contributed by atoms with Crippen molar-refractivity contribution in [3.8, 4) is 5.75 Å². The number of rotatable bonds is 11. The summed E-state index contributed by atoms with van der Waals surface area (Å²) in [6.45, 7) is 4.60. The van der Waals surface area contributed by atoms with Gasteiger partial charge >= 0.3 is 0 Å². The normalized spacial score (nSPS) is 11.6. The van der Waals surface area contributed by atoms with E-state index in [9.17, 15) is 14.0 Å². The molecule has 34 heavy (non-hydrogen) atoms. The van der Waals surface area contributed by atoms with Gasteiger partial charge in [-0.3, -0.25) is 9.59 Å². The summed E-state index contributed by atoms with van der Waals surface area (Å²) >= 11 is 0. The third-order valence-corrected chi connectivity index (χ3v) is 5.39. The van der Waals surface area contributed by atoms with Gasteiger partial charge in [-0.2, -0.15) is 0 Å². The molecular weight excluding hydrogens is 431 g/mol. The molecule has 1 N–H and O–H groups in total. The number of carbonyl (C=O) groups excluding carboxylic acids is 2. The Morgan fingerprint density at radius 1 is 0.912 bits per heavy atom. The minimum absolute atomic E-state index is 0.133.